The first kappa shape index (κ1) is 23.9. The summed E-state index contributed by atoms with van der Waals surface area (Å²) in [7, 11) is 0. The zero-order valence-corrected chi connectivity index (χ0v) is 18.3. The lowest BCUT2D eigenvalue weighted by Gasteiger charge is -2.19. The fraction of sp³-hybridized carbons (Fsp3) is 0.526. The summed E-state index contributed by atoms with van der Waals surface area (Å²) in [5, 5.41) is 0. The van der Waals surface area contributed by atoms with E-state index < -0.39 is 28.6 Å². The van der Waals surface area contributed by atoms with Crippen LogP contribution in [-0.2, 0) is 41.9 Å². The summed E-state index contributed by atoms with van der Waals surface area (Å²) < 4.78 is 14.5. The highest BCUT2D eigenvalue weighted by molar-refractivity contribution is 9.10. The first-order chi connectivity index (χ1) is 12.9. The lowest BCUT2D eigenvalue weighted by atomic mass is 10.1. The van der Waals surface area contributed by atoms with Gasteiger partial charge in [0, 0.05) is 0 Å². The molecule has 0 aliphatic heterocycles. The molecule has 28 heavy (non-hydrogen) atoms. The predicted molar refractivity (Wildman–Crippen MR) is 104 cm³/mol. The number of hydrogen-bond acceptors (Lipinski definition) is 7. The molecule has 0 aliphatic carbocycles. The second-order valence-electron chi connectivity index (χ2n) is 7.42. The molecule has 0 heterocycles. The van der Waals surface area contributed by atoms with Crippen molar-refractivity contribution in [1.29, 1.82) is 0 Å². The van der Waals surface area contributed by atoms with Gasteiger partial charge in [0.1, 0.15) is 23.1 Å². The molecule has 1 N–H and O–H groups in total. The van der Waals surface area contributed by atoms with Gasteiger partial charge >= 0.3 is 18.0 Å². The van der Waals surface area contributed by atoms with E-state index in [1.54, 1.807) is 58.9 Å². The fourth-order valence-electron chi connectivity index (χ4n) is 1.71. The summed E-state index contributed by atoms with van der Waals surface area (Å²) in [4.78, 5) is 39.4. The average molecular weight is 460 g/mol. The third kappa shape index (κ3) is 10.3. The highest BCUT2D eigenvalue weighted by atomic mass is 79.9. The molecule has 0 bridgehead atoms. The zero-order chi connectivity index (χ0) is 21.4. The third-order valence-corrected chi connectivity index (χ3v) is 3.35. The molecule has 0 unspecified atom stereocenters. The summed E-state index contributed by atoms with van der Waals surface area (Å²) >= 11 is 3.24. The highest BCUT2D eigenvalue weighted by Crippen LogP contribution is 2.18. The third-order valence-electron chi connectivity index (χ3n) is 3.02. The van der Waals surface area contributed by atoms with Crippen molar-refractivity contribution in [3.05, 3.63) is 35.4 Å². The van der Waals surface area contributed by atoms with Crippen LogP contribution < -0.4 is 5.48 Å². The lowest BCUT2D eigenvalue weighted by molar-refractivity contribution is -0.152. The van der Waals surface area contributed by atoms with Crippen molar-refractivity contribution in [3.8, 4) is 0 Å². The number of amides is 1. The van der Waals surface area contributed by atoms with Crippen molar-refractivity contribution in [1.82, 2.24) is 5.48 Å². The maximum absolute atomic E-state index is 11.7. The van der Waals surface area contributed by atoms with Crippen LogP contribution in [0.4, 0.5) is 4.79 Å². The van der Waals surface area contributed by atoms with Gasteiger partial charge in [0.15, 0.2) is 6.61 Å². The van der Waals surface area contributed by atoms with Crippen LogP contribution in [0.25, 0.3) is 0 Å². The Morgan fingerprint density at radius 3 is 1.89 bits per heavy atom. The monoisotopic (exact) mass is 459 g/mol. The number of halogens is 1. The van der Waals surface area contributed by atoms with E-state index in [9.17, 15) is 14.4 Å². The van der Waals surface area contributed by atoms with Crippen molar-refractivity contribution in [2.75, 3.05) is 6.61 Å². The van der Waals surface area contributed by atoms with Crippen LogP contribution in [0.5, 0.6) is 0 Å². The quantitative estimate of drug-likeness (QED) is 0.275. The second-order valence-corrected chi connectivity index (χ2v) is 9.40. The van der Waals surface area contributed by atoms with Gasteiger partial charge in [-0.25, -0.2) is 9.59 Å². The molecule has 0 atom stereocenters. The summed E-state index contributed by atoms with van der Waals surface area (Å²) in [6.45, 7) is 8.28. The number of hydroxylamine groups is 1. The summed E-state index contributed by atoms with van der Waals surface area (Å²) in [5.41, 5.74) is 2.90. The van der Waals surface area contributed by atoms with Crippen LogP contribution in [0.1, 0.15) is 45.7 Å². The van der Waals surface area contributed by atoms with Gasteiger partial charge in [0.25, 0.3) is 0 Å². The van der Waals surface area contributed by atoms with Gasteiger partial charge in [-0.05, 0) is 45.7 Å². The van der Waals surface area contributed by atoms with Crippen LogP contribution in [-0.4, -0.2) is 34.6 Å². The molecule has 0 saturated carbocycles. The SMILES string of the molecule is CC(C)(C)OC(=O)NOCC(=O)OCc1ccc(COC(=O)C(C)(C)Br)cc1. The van der Waals surface area contributed by atoms with Crippen LogP contribution in [0, 0.1) is 0 Å². The van der Waals surface area contributed by atoms with Gasteiger partial charge in [-0.1, -0.05) is 40.2 Å². The van der Waals surface area contributed by atoms with E-state index >= 15 is 0 Å². The minimum absolute atomic E-state index is 0.0448. The molecule has 156 valence electrons. The Balaban J connectivity index is 2.30. The maximum Gasteiger partial charge on any atom is 0.431 e. The molecule has 0 spiro atoms. The van der Waals surface area contributed by atoms with E-state index in [1.807, 2.05) is 5.48 Å². The van der Waals surface area contributed by atoms with E-state index in [0.717, 1.165) is 11.1 Å². The fourth-order valence-corrected chi connectivity index (χ4v) is 1.83. The molecule has 0 radical (unpaired) electrons. The number of nitrogens with one attached hydrogen (secondary N) is 1. The maximum atomic E-state index is 11.7. The number of hydrogen-bond donors (Lipinski definition) is 1. The number of ether oxygens (including phenoxy) is 3. The Bertz CT molecular complexity index is 675. The summed E-state index contributed by atoms with van der Waals surface area (Å²) in [6, 6.07) is 7.07. The average Bonchev–Trinajstić information content (AvgIpc) is 2.56. The molecular formula is C19H26BrNO7. The molecule has 9 heteroatoms. The van der Waals surface area contributed by atoms with Crippen LogP contribution >= 0.6 is 15.9 Å². The van der Waals surface area contributed by atoms with Gasteiger partial charge in [-0.15, -0.1) is 0 Å². The number of alkyl halides is 1. The van der Waals surface area contributed by atoms with Crippen molar-refractivity contribution in [2.45, 2.75) is 57.8 Å². The number of carbonyl (C=O) groups excluding carboxylic acids is 3. The molecule has 1 rings (SSSR count). The van der Waals surface area contributed by atoms with E-state index in [2.05, 4.69) is 15.9 Å². The second kappa shape index (κ2) is 10.4. The molecule has 1 aromatic rings. The van der Waals surface area contributed by atoms with E-state index in [0.29, 0.717) is 0 Å². The Labute approximate surface area is 172 Å². The van der Waals surface area contributed by atoms with Crippen LogP contribution in [0.3, 0.4) is 0 Å². The summed E-state index contributed by atoms with van der Waals surface area (Å²) in [5.74, 6) is -1.00. The first-order valence-corrected chi connectivity index (χ1v) is 9.36. The molecule has 8 nitrogen and oxygen atoms in total. The predicted octanol–water partition coefficient (Wildman–Crippen LogP) is 3.40. The highest BCUT2D eigenvalue weighted by Gasteiger charge is 2.25. The van der Waals surface area contributed by atoms with E-state index in [4.69, 9.17) is 19.0 Å². The lowest BCUT2D eigenvalue weighted by Crippen LogP contribution is -2.33. The van der Waals surface area contributed by atoms with Gasteiger partial charge in [0.05, 0.1) is 0 Å². The van der Waals surface area contributed by atoms with Gasteiger partial charge < -0.3 is 14.2 Å². The molecule has 0 saturated heterocycles. The Kier molecular flexibility index (Phi) is 8.90. The Morgan fingerprint density at radius 2 is 1.43 bits per heavy atom. The van der Waals surface area contributed by atoms with Crippen LogP contribution in [0.2, 0.25) is 0 Å². The molecule has 0 aromatic heterocycles. The molecule has 1 aromatic carbocycles. The van der Waals surface area contributed by atoms with E-state index in [1.165, 1.54) is 0 Å². The van der Waals surface area contributed by atoms with Gasteiger partial charge in [-0.3, -0.25) is 9.63 Å². The minimum Gasteiger partial charge on any atom is -0.460 e. The van der Waals surface area contributed by atoms with Gasteiger partial charge in [-0.2, -0.15) is 5.48 Å². The van der Waals surface area contributed by atoms with Crippen LogP contribution in [0.15, 0.2) is 24.3 Å². The first-order valence-electron chi connectivity index (χ1n) is 8.57. The molecular weight excluding hydrogens is 434 g/mol. The number of carbonyl (C=O) groups is 3. The number of esters is 2. The largest absolute Gasteiger partial charge is 0.460 e. The van der Waals surface area contributed by atoms with Crippen molar-refractivity contribution in [2.24, 2.45) is 0 Å². The van der Waals surface area contributed by atoms with E-state index in [-0.39, 0.29) is 19.2 Å². The van der Waals surface area contributed by atoms with Crippen molar-refractivity contribution >= 4 is 34.0 Å². The standard InChI is InChI=1S/C19H26BrNO7/c1-18(2,3)28-17(24)21-27-12-15(22)25-10-13-6-8-14(9-7-13)11-26-16(23)19(4,5)20/h6-9H,10-12H2,1-5H3,(H,21,24). The smallest absolute Gasteiger partial charge is 0.431 e. The van der Waals surface area contributed by atoms with Crippen molar-refractivity contribution in [3.63, 3.8) is 0 Å². The zero-order valence-electron chi connectivity index (χ0n) is 16.7. The van der Waals surface area contributed by atoms with Crippen molar-refractivity contribution < 1.29 is 33.4 Å². The number of rotatable bonds is 8. The Hall–Kier alpha value is -2.13. The topological polar surface area (TPSA) is 100 Å². The molecule has 1 amide bonds. The Morgan fingerprint density at radius 1 is 0.929 bits per heavy atom. The van der Waals surface area contributed by atoms with Gasteiger partial charge in [0.2, 0.25) is 0 Å². The minimum atomic E-state index is -0.792. The number of benzene rings is 1. The molecule has 0 aliphatic rings. The summed E-state index contributed by atoms with van der Waals surface area (Å²) in [6.07, 6.45) is -0.792. The molecule has 0 fully saturated rings. The normalized spacial score (nSPS) is 11.5.